The molecule has 2 heterocycles. The molecule has 2 aliphatic rings. The molecule has 0 saturated carbocycles. The summed E-state index contributed by atoms with van der Waals surface area (Å²) in [5.41, 5.74) is 2.32. The Morgan fingerprint density at radius 3 is 2.82 bits per heavy atom. The van der Waals surface area contributed by atoms with Crippen LogP contribution in [0.2, 0.25) is 0 Å². The zero-order chi connectivity index (χ0) is 15.5. The normalized spacial score (nSPS) is 24.8. The van der Waals surface area contributed by atoms with Gasteiger partial charge in [0.05, 0.1) is 5.92 Å². The molecule has 1 aromatic rings. The fourth-order valence-corrected chi connectivity index (χ4v) is 3.11. The first-order chi connectivity index (χ1) is 10.6. The number of hydrogen-bond acceptors (Lipinski definition) is 3. The van der Waals surface area contributed by atoms with Gasteiger partial charge in [0, 0.05) is 32.1 Å². The summed E-state index contributed by atoms with van der Waals surface area (Å²) < 4.78 is 0. The average molecular weight is 301 g/mol. The number of carbonyl (C=O) groups is 2. The lowest BCUT2D eigenvalue weighted by Crippen LogP contribution is -2.40. The molecule has 118 valence electrons. The molecule has 22 heavy (non-hydrogen) atoms. The maximum Gasteiger partial charge on any atom is 0.225 e. The Labute approximate surface area is 131 Å². The van der Waals surface area contributed by atoms with Gasteiger partial charge in [0.2, 0.25) is 11.8 Å². The van der Waals surface area contributed by atoms with E-state index < -0.39 is 0 Å². The van der Waals surface area contributed by atoms with Gasteiger partial charge >= 0.3 is 0 Å². The third-order valence-corrected chi connectivity index (χ3v) is 4.49. The minimum Gasteiger partial charge on any atom is -0.352 e. The second-order valence-electron chi connectivity index (χ2n) is 6.36. The van der Waals surface area contributed by atoms with Crippen molar-refractivity contribution in [1.29, 1.82) is 0 Å². The molecule has 2 unspecified atom stereocenters. The predicted octanol–water partition coefficient (Wildman–Crippen LogP) is 0.822. The highest BCUT2D eigenvalue weighted by molar-refractivity contribution is 5.89. The molecule has 2 N–H and O–H groups in total. The molecule has 2 saturated heterocycles. The molecule has 5 nitrogen and oxygen atoms in total. The molecular formula is C17H23N3O2. The van der Waals surface area contributed by atoms with E-state index in [0.29, 0.717) is 19.5 Å². The molecule has 1 aromatic carbocycles. The summed E-state index contributed by atoms with van der Waals surface area (Å²) in [6.45, 7) is 4.95. The van der Waals surface area contributed by atoms with E-state index in [2.05, 4.69) is 10.6 Å². The number of rotatable bonds is 4. The number of amides is 2. The van der Waals surface area contributed by atoms with Gasteiger partial charge in [-0.05, 0) is 25.5 Å². The maximum atomic E-state index is 12.3. The molecular weight excluding hydrogens is 278 g/mol. The van der Waals surface area contributed by atoms with Gasteiger partial charge in [0.1, 0.15) is 0 Å². The Morgan fingerprint density at radius 1 is 1.36 bits per heavy atom. The minimum atomic E-state index is -0.210. The van der Waals surface area contributed by atoms with E-state index in [1.54, 1.807) is 4.90 Å². The number of likely N-dealkylation sites (tertiary alicyclic amines) is 1. The number of aryl methyl sites for hydroxylation is 1. The van der Waals surface area contributed by atoms with Gasteiger partial charge in [0.15, 0.2) is 0 Å². The van der Waals surface area contributed by atoms with Crippen LogP contribution < -0.4 is 10.6 Å². The lowest BCUT2D eigenvalue weighted by atomic mass is 10.1. The van der Waals surface area contributed by atoms with Crippen LogP contribution >= 0.6 is 0 Å². The highest BCUT2D eigenvalue weighted by Gasteiger charge is 2.35. The third kappa shape index (κ3) is 3.47. The van der Waals surface area contributed by atoms with Crippen molar-refractivity contribution < 1.29 is 9.59 Å². The van der Waals surface area contributed by atoms with Crippen molar-refractivity contribution in [3.63, 3.8) is 0 Å². The summed E-state index contributed by atoms with van der Waals surface area (Å²) in [5, 5.41) is 6.28. The van der Waals surface area contributed by atoms with E-state index in [4.69, 9.17) is 0 Å². The molecule has 2 amide bonds. The van der Waals surface area contributed by atoms with Gasteiger partial charge in [-0.1, -0.05) is 29.8 Å². The highest BCUT2D eigenvalue weighted by atomic mass is 16.2. The quantitative estimate of drug-likeness (QED) is 0.865. The first kappa shape index (κ1) is 15.0. The fraction of sp³-hybridized carbons (Fsp3) is 0.529. The number of nitrogens with zero attached hydrogens (tertiary/aromatic N) is 1. The van der Waals surface area contributed by atoms with Crippen LogP contribution in [0.5, 0.6) is 0 Å². The molecule has 0 aliphatic carbocycles. The Kier molecular flexibility index (Phi) is 4.43. The molecule has 2 atom stereocenters. The van der Waals surface area contributed by atoms with Crippen LogP contribution in [0.25, 0.3) is 0 Å². The Hall–Kier alpha value is -1.88. The topological polar surface area (TPSA) is 61.4 Å². The molecule has 5 heteroatoms. The van der Waals surface area contributed by atoms with Gasteiger partial charge in [-0.25, -0.2) is 0 Å². The van der Waals surface area contributed by atoms with Crippen molar-refractivity contribution in [2.24, 2.45) is 5.92 Å². The van der Waals surface area contributed by atoms with Crippen LogP contribution in [0.3, 0.4) is 0 Å². The van der Waals surface area contributed by atoms with E-state index in [-0.39, 0.29) is 23.8 Å². The van der Waals surface area contributed by atoms with Crippen molar-refractivity contribution in [2.75, 3.05) is 19.6 Å². The molecule has 2 aliphatic heterocycles. The molecule has 0 aromatic heterocycles. The zero-order valence-corrected chi connectivity index (χ0v) is 13.0. The minimum absolute atomic E-state index is 0.0217. The van der Waals surface area contributed by atoms with E-state index in [1.807, 2.05) is 31.2 Å². The largest absolute Gasteiger partial charge is 0.352 e. The van der Waals surface area contributed by atoms with Gasteiger partial charge in [-0.2, -0.15) is 0 Å². The van der Waals surface area contributed by atoms with Crippen LogP contribution in [0.4, 0.5) is 0 Å². The van der Waals surface area contributed by atoms with Crippen molar-refractivity contribution >= 4 is 11.8 Å². The number of benzene rings is 1. The van der Waals surface area contributed by atoms with E-state index in [9.17, 15) is 9.59 Å². The second kappa shape index (κ2) is 6.48. The van der Waals surface area contributed by atoms with Crippen molar-refractivity contribution in [3.8, 4) is 0 Å². The first-order valence-corrected chi connectivity index (χ1v) is 7.96. The first-order valence-electron chi connectivity index (χ1n) is 7.96. The highest BCUT2D eigenvalue weighted by Crippen LogP contribution is 2.21. The van der Waals surface area contributed by atoms with Gasteiger partial charge in [-0.3, -0.25) is 9.59 Å². The van der Waals surface area contributed by atoms with Gasteiger partial charge < -0.3 is 15.5 Å². The van der Waals surface area contributed by atoms with Gasteiger partial charge in [0.25, 0.3) is 0 Å². The molecule has 0 bridgehead atoms. The summed E-state index contributed by atoms with van der Waals surface area (Å²) in [6.07, 6.45) is 1.30. The number of hydrogen-bond donors (Lipinski definition) is 2. The Balaban J connectivity index is 1.55. The Morgan fingerprint density at radius 2 is 2.14 bits per heavy atom. The van der Waals surface area contributed by atoms with Crippen LogP contribution in [0, 0.1) is 12.8 Å². The second-order valence-corrected chi connectivity index (χ2v) is 6.36. The van der Waals surface area contributed by atoms with E-state index in [0.717, 1.165) is 25.1 Å². The SMILES string of the molecule is Cc1ccc(CN2CC(C(=O)NC3CCNC3)CC2=O)cc1. The van der Waals surface area contributed by atoms with E-state index >= 15 is 0 Å². The zero-order valence-electron chi connectivity index (χ0n) is 13.0. The standard InChI is InChI=1S/C17H23N3O2/c1-12-2-4-13(5-3-12)10-20-11-14(8-16(20)21)17(22)19-15-6-7-18-9-15/h2-5,14-15,18H,6-11H2,1H3,(H,19,22). The van der Waals surface area contributed by atoms with Crippen LogP contribution in [0.1, 0.15) is 24.0 Å². The third-order valence-electron chi connectivity index (χ3n) is 4.49. The lowest BCUT2D eigenvalue weighted by molar-refractivity contribution is -0.129. The summed E-state index contributed by atoms with van der Waals surface area (Å²) >= 11 is 0. The van der Waals surface area contributed by atoms with Crippen molar-refractivity contribution in [1.82, 2.24) is 15.5 Å². The smallest absolute Gasteiger partial charge is 0.225 e. The molecule has 0 radical (unpaired) electrons. The lowest BCUT2D eigenvalue weighted by Gasteiger charge is -2.18. The maximum absolute atomic E-state index is 12.3. The fourth-order valence-electron chi connectivity index (χ4n) is 3.11. The number of carbonyl (C=O) groups excluding carboxylic acids is 2. The van der Waals surface area contributed by atoms with Gasteiger partial charge in [-0.15, -0.1) is 0 Å². The van der Waals surface area contributed by atoms with E-state index in [1.165, 1.54) is 5.56 Å². The van der Waals surface area contributed by atoms with Crippen molar-refractivity contribution in [2.45, 2.75) is 32.4 Å². The van der Waals surface area contributed by atoms with Crippen molar-refractivity contribution in [3.05, 3.63) is 35.4 Å². The number of nitrogens with one attached hydrogen (secondary N) is 2. The summed E-state index contributed by atoms with van der Waals surface area (Å²) in [6, 6.07) is 8.40. The van der Waals surface area contributed by atoms with Crippen LogP contribution in [0.15, 0.2) is 24.3 Å². The predicted molar refractivity (Wildman–Crippen MR) is 84.1 cm³/mol. The summed E-state index contributed by atoms with van der Waals surface area (Å²) in [5.74, 6) is -0.114. The Bertz CT molecular complexity index is 550. The summed E-state index contributed by atoms with van der Waals surface area (Å²) in [4.78, 5) is 26.2. The monoisotopic (exact) mass is 301 g/mol. The molecule has 3 rings (SSSR count). The summed E-state index contributed by atoms with van der Waals surface area (Å²) in [7, 11) is 0. The van der Waals surface area contributed by atoms with Crippen LogP contribution in [-0.4, -0.2) is 42.4 Å². The molecule has 2 fully saturated rings. The van der Waals surface area contributed by atoms with Crippen LogP contribution in [-0.2, 0) is 16.1 Å². The average Bonchev–Trinajstić information content (AvgIpc) is 3.12. The molecule has 0 spiro atoms.